The standard InChI is InChI=1S/C25H38O4Si5.4CH4/c1-30(2)26-33(6,25-21-15-10-16-22-25)29-34(7,27-31(3)4)28-32(5,23-17-11-8-12-18-23)24-19-13-9-14-20-24;;;;/h8-22,30-31H,1-7H3;4*1H4. The van der Waals surface area contributed by atoms with E-state index in [1.165, 1.54) is 10.4 Å². The zero-order chi connectivity index (χ0) is 24.8. The van der Waals surface area contributed by atoms with E-state index >= 15 is 0 Å². The molecule has 4 nitrogen and oxygen atoms in total. The lowest BCUT2D eigenvalue weighted by Gasteiger charge is -2.43. The van der Waals surface area contributed by atoms with E-state index in [-0.39, 0.29) is 29.7 Å². The van der Waals surface area contributed by atoms with Crippen LogP contribution in [-0.2, 0) is 16.5 Å². The molecule has 0 saturated heterocycles. The molecule has 38 heavy (non-hydrogen) atoms. The van der Waals surface area contributed by atoms with Gasteiger partial charge < -0.3 is 16.5 Å². The Morgan fingerprint density at radius 1 is 0.474 bits per heavy atom. The van der Waals surface area contributed by atoms with E-state index in [1.807, 2.05) is 6.07 Å². The molecule has 0 N–H and O–H groups in total. The van der Waals surface area contributed by atoms with Gasteiger partial charge in [-0.25, -0.2) is 0 Å². The van der Waals surface area contributed by atoms with Gasteiger partial charge >= 0.3 is 17.4 Å². The first-order valence-electron chi connectivity index (χ1n) is 12.0. The number of hydrogen-bond acceptors (Lipinski definition) is 4. The third kappa shape index (κ3) is 9.96. The first kappa shape index (κ1) is 38.7. The molecule has 3 rings (SSSR count). The fourth-order valence-corrected chi connectivity index (χ4v) is 24.3. The van der Waals surface area contributed by atoms with Gasteiger partial charge in [0.15, 0.2) is 18.1 Å². The summed E-state index contributed by atoms with van der Waals surface area (Å²) < 4.78 is 27.7. The Bertz CT molecular complexity index is 985. The highest BCUT2D eigenvalue weighted by Gasteiger charge is 2.52. The zero-order valence-corrected chi connectivity index (χ0v) is 26.8. The molecule has 0 radical (unpaired) electrons. The predicted octanol–water partition coefficient (Wildman–Crippen LogP) is 6.50. The van der Waals surface area contributed by atoms with Crippen LogP contribution in [0.3, 0.4) is 0 Å². The van der Waals surface area contributed by atoms with Crippen LogP contribution in [0.15, 0.2) is 91.0 Å². The molecule has 0 aliphatic rings. The van der Waals surface area contributed by atoms with Crippen molar-refractivity contribution in [2.75, 3.05) is 0 Å². The average Bonchev–Trinajstić information content (AvgIpc) is 2.79. The predicted molar refractivity (Wildman–Crippen MR) is 182 cm³/mol. The maximum absolute atomic E-state index is 7.25. The Hall–Kier alpha value is -1.42. The molecule has 3 aromatic rings. The number of hydrogen-bond donors (Lipinski definition) is 0. The van der Waals surface area contributed by atoms with Gasteiger partial charge in [-0.3, -0.25) is 0 Å². The molecule has 0 aliphatic heterocycles. The van der Waals surface area contributed by atoms with Gasteiger partial charge in [0.25, 0.3) is 0 Å². The molecule has 2 unspecified atom stereocenters. The van der Waals surface area contributed by atoms with Crippen molar-refractivity contribution in [1.29, 1.82) is 0 Å². The van der Waals surface area contributed by atoms with Gasteiger partial charge in [-0.2, -0.15) is 0 Å². The molecule has 0 amide bonds. The minimum Gasteiger partial charge on any atom is -0.436 e. The molecule has 0 aliphatic carbocycles. The highest BCUT2D eigenvalue weighted by Crippen LogP contribution is 2.24. The third-order valence-corrected chi connectivity index (χ3v) is 23.3. The summed E-state index contributed by atoms with van der Waals surface area (Å²) in [4.78, 5) is 0. The Morgan fingerprint density at radius 2 is 0.816 bits per heavy atom. The van der Waals surface area contributed by atoms with Crippen molar-refractivity contribution in [3.8, 4) is 0 Å². The normalized spacial score (nSPS) is 14.1. The summed E-state index contributed by atoms with van der Waals surface area (Å²) in [5, 5.41) is 3.54. The minimum absolute atomic E-state index is 0. The van der Waals surface area contributed by atoms with Crippen LogP contribution >= 0.6 is 0 Å². The number of benzene rings is 3. The molecule has 3 aromatic carbocycles. The molecule has 0 fully saturated rings. The second kappa shape index (κ2) is 16.6. The Labute approximate surface area is 241 Å². The van der Waals surface area contributed by atoms with Crippen LogP contribution in [-0.4, -0.2) is 43.8 Å². The van der Waals surface area contributed by atoms with Crippen molar-refractivity contribution in [2.45, 2.75) is 75.5 Å². The van der Waals surface area contributed by atoms with Gasteiger partial charge in [-0.15, -0.1) is 0 Å². The fraction of sp³-hybridized carbons (Fsp3) is 0.379. The van der Waals surface area contributed by atoms with Crippen molar-refractivity contribution in [3.63, 3.8) is 0 Å². The molecule has 0 saturated carbocycles. The summed E-state index contributed by atoms with van der Waals surface area (Å²) in [6.07, 6.45) is 0. The molecule has 0 heterocycles. The van der Waals surface area contributed by atoms with Crippen LogP contribution in [0.1, 0.15) is 29.7 Å². The van der Waals surface area contributed by atoms with E-state index < -0.39 is 43.8 Å². The summed E-state index contributed by atoms with van der Waals surface area (Å²) in [5.41, 5.74) is 0. The summed E-state index contributed by atoms with van der Waals surface area (Å²) in [7, 11) is -11.4. The lowest BCUT2D eigenvalue weighted by molar-refractivity contribution is 0.247. The molecule has 0 aromatic heterocycles. The molecule has 0 spiro atoms. The van der Waals surface area contributed by atoms with Crippen LogP contribution in [0, 0.1) is 0 Å². The van der Waals surface area contributed by atoms with Gasteiger partial charge in [0, 0.05) is 6.55 Å². The maximum atomic E-state index is 7.25. The van der Waals surface area contributed by atoms with Gasteiger partial charge in [0.1, 0.15) is 0 Å². The molecule has 0 bridgehead atoms. The van der Waals surface area contributed by atoms with Crippen LogP contribution in [0.4, 0.5) is 0 Å². The zero-order valence-electron chi connectivity index (χ0n) is 21.4. The third-order valence-electron chi connectivity index (χ3n) is 5.63. The first-order chi connectivity index (χ1) is 16.1. The van der Waals surface area contributed by atoms with E-state index in [4.69, 9.17) is 16.5 Å². The summed E-state index contributed by atoms with van der Waals surface area (Å²) in [6, 6.07) is 31.5. The van der Waals surface area contributed by atoms with Gasteiger partial charge in [0.2, 0.25) is 8.32 Å². The maximum Gasteiger partial charge on any atom is 0.468 e. The second-order valence-electron chi connectivity index (χ2n) is 9.48. The Balaban J connectivity index is 0. The molecular weight excluding hydrogens is 553 g/mol. The first-order valence-corrected chi connectivity index (χ1v) is 24.5. The fourth-order valence-electron chi connectivity index (χ4n) is 4.36. The van der Waals surface area contributed by atoms with Crippen molar-refractivity contribution in [3.05, 3.63) is 91.0 Å². The van der Waals surface area contributed by atoms with Crippen molar-refractivity contribution < 1.29 is 16.5 Å². The van der Waals surface area contributed by atoms with Crippen LogP contribution in [0.25, 0.3) is 0 Å². The van der Waals surface area contributed by atoms with Crippen molar-refractivity contribution >= 4 is 59.3 Å². The molecule has 2 atom stereocenters. The van der Waals surface area contributed by atoms with E-state index in [0.717, 1.165) is 5.19 Å². The lowest BCUT2D eigenvalue weighted by atomic mass is 10.4. The Morgan fingerprint density at radius 3 is 1.16 bits per heavy atom. The minimum atomic E-state index is -3.12. The Kier molecular flexibility index (Phi) is 17.0. The monoisotopic (exact) mass is 606 g/mol. The summed E-state index contributed by atoms with van der Waals surface area (Å²) >= 11 is 0. The highest BCUT2D eigenvalue weighted by molar-refractivity contribution is 7.02. The van der Waals surface area contributed by atoms with E-state index in [9.17, 15) is 0 Å². The molecule has 214 valence electrons. The lowest BCUT2D eigenvalue weighted by Crippen LogP contribution is -2.69. The van der Waals surface area contributed by atoms with Crippen LogP contribution in [0.5, 0.6) is 0 Å². The van der Waals surface area contributed by atoms with Crippen LogP contribution in [0.2, 0.25) is 45.8 Å². The second-order valence-corrected chi connectivity index (χ2v) is 24.6. The topological polar surface area (TPSA) is 36.9 Å². The van der Waals surface area contributed by atoms with Gasteiger partial charge in [-0.05, 0) is 54.8 Å². The van der Waals surface area contributed by atoms with Crippen molar-refractivity contribution in [2.24, 2.45) is 0 Å². The van der Waals surface area contributed by atoms with E-state index in [2.05, 4.69) is 131 Å². The molecular formula is C29H54O4Si5. The summed E-state index contributed by atoms with van der Waals surface area (Å²) in [5.74, 6) is 0. The smallest absolute Gasteiger partial charge is 0.436 e. The largest absolute Gasteiger partial charge is 0.468 e. The quantitative estimate of drug-likeness (QED) is 0.234. The highest BCUT2D eigenvalue weighted by atomic mass is 28.5. The SMILES string of the molecule is C.C.C.C.C[SiH](C)O[Si](C)(O[Si](C)(O[SiH](C)C)c1ccccc1)O[Si](C)(c1ccccc1)c1ccccc1. The van der Waals surface area contributed by atoms with Gasteiger partial charge in [-0.1, -0.05) is 121 Å². The van der Waals surface area contributed by atoms with E-state index in [0.29, 0.717) is 0 Å². The van der Waals surface area contributed by atoms with Gasteiger partial charge in [0.05, 0.1) is 0 Å². The number of rotatable bonds is 11. The van der Waals surface area contributed by atoms with Crippen molar-refractivity contribution in [1.82, 2.24) is 0 Å². The van der Waals surface area contributed by atoms with E-state index in [1.54, 1.807) is 0 Å². The molecule has 9 heteroatoms. The van der Waals surface area contributed by atoms with Crippen LogP contribution < -0.4 is 15.6 Å². The summed E-state index contributed by atoms with van der Waals surface area (Å²) in [6.45, 7) is 15.2. The average molecular weight is 607 g/mol.